The Morgan fingerprint density at radius 1 is 0.886 bits per heavy atom. The first-order valence-corrected chi connectivity index (χ1v) is 17.1. The summed E-state index contributed by atoms with van der Waals surface area (Å²) in [5, 5.41) is 65.1. The maximum absolute atomic E-state index is 12.2. The number of fused-ring (bicyclic) bond motifs is 5. The second-order valence-corrected chi connectivity index (χ2v) is 16.8. The molecule has 0 unspecified atom stereocenters. The van der Waals surface area contributed by atoms with Gasteiger partial charge in [-0.2, -0.15) is 0 Å². The first-order chi connectivity index (χ1) is 20.4. The largest absolute Gasteiger partial charge is 0.394 e. The van der Waals surface area contributed by atoms with E-state index >= 15 is 0 Å². The van der Waals surface area contributed by atoms with Gasteiger partial charge in [0.15, 0.2) is 12.1 Å². The Hall–Kier alpha value is -0.840. The second kappa shape index (κ2) is 11.7. The zero-order valence-corrected chi connectivity index (χ0v) is 28.1. The van der Waals surface area contributed by atoms with Crippen molar-refractivity contribution in [3.8, 4) is 0 Å². The molecule has 0 radical (unpaired) electrons. The van der Waals surface area contributed by atoms with Crippen LogP contribution in [0.2, 0.25) is 0 Å². The molecule has 0 amide bonds. The molecule has 4 aliphatic carbocycles. The molecule has 6 N–H and O–H groups in total. The highest BCUT2D eigenvalue weighted by molar-refractivity contribution is 5.23. The fourth-order valence-corrected chi connectivity index (χ4v) is 11.4. The third-order valence-corrected chi connectivity index (χ3v) is 14.2. The summed E-state index contributed by atoms with van der Waals surface area (Å²) in [6.45, 7) is 19.6. The van der Waals surface area contributed by atoms with E-state index in [-0.39, 0.29) is 34.0 Å². The van der Waals surface area contributed by atoms with E-state index in [2.05, 4.69) is 47.3 Å². The van der Waals surface area contributed by atoms with E-state index in [0.29, 0.717) is 18.8 Å². The smallest absolute Gasteiger partial charge is 0.189 e. The summed E-state index contributed by atoms with van der Waals surface area (Å²) >= 11 is 0. The number of rotatable bonds is 7. The number of allylic oxidation sites excluding steroid dienone is 3. The van der Waals surface area contributed by atoms with Gasteiger partial charge in [0, 0.05) is 11.8 Å². The summed E-state index contributed by atoms with van der Waals surface area (Å²) in [5.74, 6) is -0.798. The Labute approximate surface area is 264 Å². The van der Waals surface area contributed by atoms with Crippen LogP contribution in [-0.4, -0.2) is 79.8 Å². The SMILES string of the molecule is C=C(CCC=C(C)C)[C@H]1CC[C@]2(C)[C@@H]1[C@H](O)C[C@@H]1[C@@]3(C)CC[C@@](O)(O[C@@H]4O[C@H](CO)[C@@H](O)[C@H](O)[C@H]4O)C(C)(C)[C@@H]3CC[C@]12C. The number of ether oxygens (including phenoxy) is 2. The van der Waals surface area contributed by atoms with E-state index < -0.39 is 54.6 Å². The number of aliphatic hydroxyl groups is 6. The monoisotopic (exact) mass is 620 g/mol. The van der Waals surface area contributed by atoms with Crippen molar-refractivity contribution in [3.05, 3.63) is 23.8 Å². The van der Waals surface area contributed by atoms with Gasteiger partial charge in [0.1, 0.15) is 24.4 Å². The first-order valence-electron chi connectivity index (χ1n) is 17.1. The van der Waals surface area contributed by atoms with Gasteiger partial charge in [-0.3, -0.25) is 0 Å². The van der Waals surface area contributed by atoms with Gasteiger partial charge >= 0.3 is 0 Å². The van der Waals surface area contributed by atoms with Crippen LogP contribution in [0, 0.1) is 45.3 Å². The Morgan fingerprint density at radius 3 is 2.18 bits per heavy atom. The molecule has 0 spiro atoms. The molecular formula is C36H60O8. The molecule has 0 aromatic heterocycles. The maximum Gasteiger partial charge on any atom is 0.189 e. The minimum atomic E-state index is -1.67. The lowest BCUT2D eigenvalue weighted by atomic mass is 9.35. The van der Waals surface area contributed by atoms with Crippen molar-refractivity contribution in [1.82, 2.24) is 0 Å². The third-order valence-electron chi connectivity index (χ3n) is 14.2. The number of aliphatic hydroxyl groups excluding tert-OH is 5. The van der Waals surface area contributed by atoms with Crippen molar-refractivity contribution in [2.24, 2.45) is 45.3 Å². The molecule has 1 heterocycles. The maximum atomic E-state index is 12.2. The summed E-state index contributed by atoms with van der Waals surface area (Å²) in [6, 6.07) is 0. The molecule has 1 aliphatic heterocycles. The van der Waals surface area contributed by atoms with Gasteiger partial charge in [-0.05, 0) is 105 Å². The summed E-state index contributed by atoms with van der Waals surface area (Å²) < 4.78 is 11.8. The predicted molar refractivity (Wildman–Crippen MR) is 168 cm³/mol. The van der Waals surface area contributed by atoms with Crippen LogP contribution in [0.4, 0.5) is 0 Å². The van der Waals surface area contributed by atoms with E-state index in [1.54, 1.807) is 0 Å². The Balaban J connectivity index is 1.39. The number of hydrogen-bond donors (Lipinski definition) is 6. The van der Waals surface area contributed by atoms with Gasteiger partial charge in [-0.15, -0.1) is 0 Å². The molecule has 0 aromatic carbocycles. The van der Waals surface area contributed by atoms with Crippen LogP contribution in [-0.2, 0) is 9.47 Å². The molecule has 252 valence electrons. The molecule has 5 rings (SSSR count). The topological polar surface area (TPSA) is 140 Å². The van der Waals surface area contributed by atoms with Crippen LogP contribution in [0.1, 0.15) is 106 Å². The summed E-state index contributed by atoms with van der Waals surface area (Å²) in [4.78, 5) is 0. The van der Waals surface area contributed by atoms with E-state index in [1.807, 2.05) is 13.8 Å². The van der Waals surface area contributed by atoms with Crippen LogP contribution in [0.25, 0.3) is 0 Å². The van der Waals surface area contributed by atoms with Gasteiger partial charge in [0.2, 0.25) is 0 Å². The fraction of sp³-hybridized carbons (Fsp3) is 0.889. The van der Waals surface area contributed by atoms with Gasteiger partial charge in [-0.25, -0.2) is 0 Å². The van der Waals surface area contributed by atoms with E-state index in [1.165, 1.54) is 11.1 Å². The summed E-state index contributed by atoms with van der Waals surface area (Å²) in [6.07, 6.45) is 2.48. The lowest BCUT2D eigenvalue weighted by Crippen LogP contribution is -2.70. The molecule has 8 nitrogen and oxygen atoms in total. The normalized spacial score (nSPS) is 51.6. The van der Waals surface area contributed by atoms with Crippen LogP contribution in [0.15, 0.2) is 23.8 Å². The predicted octanol–water partition coefficient (Wildman–Crippen LogP) is 4.45. The van der Waals surface area contributed by atoms with E-state index in [0.717, 1.165) is 44.9 Å². The molecular weight excluding hydrogens is 560 g/mol. The minimum absolute atomic E-state index is 0.0157. The Bertz CT molecular complexity index is 1120. The zero-order chi connectivity index (χ0) is 32.6. The van der Waals surface area contributed by atoms with Crippen molar-refractivity contribution in [1.29, 1.82) is 0 Å². The lowest BCUT2D eigenvalue weighted by Gasteiger charge is -2.71. The zero-order valence-electron chi connectivity index (χ0n) is 28.1. The average Bonchev–Trinajstić information content (AvgIpc) is 3.32. The molecule has 1 saturated heterocycles. The lowest BCUT2D eigenvalue weighted by molar-refractivity contribution is -0.408. The molecule has 0 bridgehead atoms. The minimum Gasteiger partial charge on any atom is -0.394 e. The van der Waals surface area contributed by atoms with E-state index in [9.17, 15) is 30.6 Å². The molecule has 0 aromatic rings. The van der Waals surface area contributed by atoms with Crippen molar-refractivity contribution in [2.75, 3.05) is 6.61 Å². The van der Waals surface area contributed by atoms with Gasteiger partial charge in [0.05, 0.1) is 12.7 Å². The Morgan fingerprint density at radius 2 is 1.55 bits per heavy atom. The number of hydrogen-bond acceptors (Lipinski definition) is 8. The van der Waals surface area contributed by atoms with Crippen molar-refractivity contribution < 1.29 is 40.1 Å². The van der Waals surface area contributed by atoms with Gasteiger partial charge < -0.3 is 40.1 Å². The molecule has 4 saturated carbocycles. The van der Waals surface area contributed by atoms with Crippen molar-refractivity contribution in [2.45, 2.75) is 149 Å². The molecule has 44 heavy (non-hydrogen) atoms. The molecule has 5 aliphatic rings. The van der Waals surface area contributed by atoms with Crippen molar-refractivity contribution in [3.63, 3.8) is 0 Å². The van der Waals surface area contributed by atoms with Gasteiger partial charge in [-0.1, -0.05) is 58.4 Å². The standard InChI is InChI=1S/C36H60O8/c1-20(2)10-9-11-21(3)22-12-14-35(8)27(22)23(38)18-26-33(6)16-17-36(42,32(4,5)25(33)13-15-34(26,35)7)44-31-30(41)29(40)28(39)24(19-37)43-31/h10,22-31,37-42H,3,9,11-19H2,1-2,4-8H3/t22-,23-,24-,25+,26-,27+,28-,29+,30-,31+,33+,34-,35-,36-/m1/s1. The fourth-order valence-electron chi connectivity index (χ4n) is 11.4. The molecule has 14 atom stereocenters. The highest BCUT2D eigenvalue weighted by Crippen LogP contribution is 2.76. The Kier molecular flexibility index (Phi) is 9.17. The summed E-state index contributed by atoms with van der Waals surface area (Å²) in [7, 11) is 0. The van der Waals surface area contributed by atoms with Crippen LogP contribution in [0.3, 0.4) is 0 Å². The first kappa shape index (κ1) is 34.5. The third kappa shape index (κ3) is 5.01. The summed E-state index contributed by atoms with van der Waals surface area (Å²) in [5.41, 5.74) is 1.72. The molecule has 8 heteroatoms. The van der Waals surface area contributed by atoms with E-state index in [4.69, 9.17) is 9.47 Å². The van der Waals surface area contributed by atoms with Crippen molar-refractivity contribution >= 4 is 0 Å². The van der Waals surface area contributed by atoms with Crippen LogP contribution >= 0.6 is 0 Å². The average molecular weight is 621 g/mol. The second-order valence-electron chi connectivity index (χ2n) is 16.8. The quantitative estimate of drug-likeness (QED) is 0.139. The van der Waals surface area contributed by atoms with Gasteiger partial charge in [0.25, 0.3) is 0 Å². The highest BCUT2D eigenvalue weighted by Gasteiger charge is 2.72. The van der Waals surface area contributed by atoms with Crippen LogP contribution < -0.4 is 0 Å². The van der Waals surface area contributed by atoms with Crippen LogP contribution in [0.5, 0.6) is 0 Å². The molecule has 5 fully saturated rings. The highest BCUT2D eigenvalue weighted by atomic mass is 16.8.